The molecule has 1 aromatic heterocycles. The van der Waals surface area contributed by atoms with Crippen LogP contribution in [0.15, 0.2) is 18.3 Å². The number of carbonyl (C=O) groups is 1. The van der Waals surface area contributed by atoms with Crippen LogP contribution in [0.5, 0.6) is 5.88 Å². The summed E-state index contributed by atoms with van der Waals surface area (Å²) in [5.74, 6) is 2.25. The van der Waals surface area contributed by atoms with E-state index in [-0.39, 0.29) is 12.1 Å². The Morgan fingerprint density at radius 2 is 2.12 bits per heavy atom. The van der Waals surface area contributed by atoms with Gasteiger partial charge in [-0.1, -0.05) is 19.3 Å². The molecule has 2 amide bonds. The number of nitrogens with one attached hydrogen (secondary N) is 1. The van der Waals surface area contributed by atoms with Crippen molar-refractivity contribution in [3.63, 3.8) is 0 Å². The first-order valence-electron chi connectivity index (χ1n) is 9.79. The summed E-state index contributed by atoms with van der Waals surface area (Å²) in [6, 6.07) is 5.83. The molecule has 0 bridgehead atoms. The summed E-state index contributed by atoms with van der Waals surface area (Å²) in [6.45, 7) is 1.30. The molecule has 1 saturated heterocycles. The molecule has 0 radical (unpaired) electrons. The maximum Gasteiger partial charge on any atom is 0.317 e. The lowest BCUT2D eigenvalue weighted by atomic mass is 9.79. The molecule has 138 valence electrons. The molecule has 0 aromatic carbocycles. The highest BCUT2D eigenvalue weighted by atomic mass is 16.5. The Morgan fingerprint density at radius 1 is 1.23 bits per heavy atom. The molecule has 4 rings (SSSR count). The van der Waals surface area contributed by atoms with E-state index in [0.29, 0.717) is 30.6 Å². The van der Waals surface area contributed by atoms with Gasteiger partial charge in [-0.2, -0.15) is 5.26 Å². The monoisotopic (exact) mass is 354 g/mol. The van der Waals surface area contributed by atoms with Gasteiger partial charge >= 0.3 is 6.03 Å². The molecule has 4 unspecified atom stereocenters. The normalized spacial score (nSPS) is 30.5. The number of urea groups is 1. The van der Waals surface area contributed by atoms with Crippen LogP contribution in [0.25, 0.3) is 0 Å². The van der Waals surface area contributed by atoms with Gasteiger partial charge in [-0.15, -0.1) is 0 Å². The van der Waals surface area contributed by atoms with Gasteiger partial charge in [0.25, 0.3) is 0 Å². The van der Waals surface area contributed by atoms with Crippen molar-refractivity contribution in [2.45, 2.75) is 57.1 Å². The number of hydrogen-bond acceptors (Lipinski definition) is 4. The van der Waals surface area contributed by atoms with E-state index in [4.69, 9.17) is 10.00 Å². The fourth-order valence-corrected chi connectivity index (χ4v) is 4.80. The Balaban J connectivity index is 1.25. The average Bonchev–Trinajstić information content (AvgIpc) is 3.31. The van der Waals surface area contributed by atoms with Gasteiger partial charge in [0.1, 0.15) is 12.2 Å². The molecule has 2 saturated carbocycles. The van der Waals surface area contributed by atoms with Crippen LogP contribution < -0.4 is 10.1 Å². The summed E-state index contributed by atoms with van der Waals surface area (Å²) in [4.78, 5) is 18.6. The molecule has 4 atom stereocenters. The first-order chi connectivity index (χ1) is 12.7. The number of nitrogens with zero attached hydrogens (tertiary/aromatic N) is 3. The van der Waals surface area contributed by atoms with E-state index in [0.717, 1.165) is 31.1 Å². The van der Waals surface area contributed by atoms with Crippen molar-refractivity contribution in [3.05, 3.63) is 23.9 Å². The van der Waals surface area contributed by atoms with Crippen molar-refractivity contribution < 1.29 is 9.53 Å². The highest BCUT2D eigenvalue weighted by Crippen LogP contribution is 2.42. The van der Waals surface area contributed by atoms with Gasteiger partial charge in [0.2, 0.25) is 5.88 Å². The molecular formula is C20H26N4O2. The lowest BCUT2D eigenvalue weighted by molar-refractivity contribution is 0.171. The third kappa shape index (κ3) is 3.77. The molecular weight excluding hydrogens is 328 g/mol. The third-order valence-corrected chi connectivity index (χ3v) is 6.20. The molecule has 3 fully saturated rings. The average molecular weight is 354 g/mol. The minimum absolute atomic E-state index is 0.0354. The van der Waals surface area contributed by atoms with Gasteiger partial charge in [-0.05, 0) is 37.2 Å². The summed E-state index contributed by atoms with van der Waals surface area (Å²) in [6.07, 6.45) is 9.92. The first kappa shape index (κ1) is 17.1. The highest BCUT2D eigenvalue weighted by molar-refractivity contribution is 5.74. The number of rotatable bonds is 3. The predicted octanol–water partition coefficient (Wildman–Crippen LogP) is 3.08. The number of amides is 2. The van der Waals surface area contributed by atoms with Crippen molar-refractivity contribution in [2.75, 3.05) is 13.1 Å². The first-order valence-corrected chi connectivity index (χ1v) is 9.79. The van der Waals surface area contributed by atoms with Crippen molar-refractivity contribution in [3.8, 4) is 11.9 Å². The lowest BCUT2D eigenvalue weighted by Gasteiger charge is -2.33. The van der Waals surface area contributed by atoms with Crippen LogP contribution in [0.4, 0.5) is 4.79 Å². The van der Waals surface area contributed by atoms with Crippen molar-refractivity contribution in [2.24, 2.45) is 11.8 Å². The van der Waals surface area contributed by atoms with E-state index in [1.165, 1.54) is 31.9 Å². The number of ether oxygens (including phenoxy) is 1. The highest BCUT2D eigenvalue weighted by Gasteiger charge is 2.35. The Bertz CT molecular complexity index is 684. The minimum Gasteiger partial charge on any atom is -0.472 e. The van der Waals surface area contributed by atoms with Crippen LogP contribution in [0.2, 0.25) is 0 Å². The SMILES string of the molecule is N#Cc1ccc(OC2CCN(C(=O)NC3CCC4CCCC4C3)C2)nc1. The van der Waals surface area contributed by atoms with Crippen molar-refractivity contribution in [1.82, 2.24) is 15.2 Å². The van der Waals surface area contributed by atoms with Crippen molar-refractivity contribution >= 4 is 6.03 Å². The fraction of sp³-hybridized carbons (Fsp3) is 0.650. The molecule has 2 heterocycles. The number of likely N-dealkylation sites (tertiary alicyclic amines) is 1. The molecule has 2 aliphatic carbocycles. The van der Waals surface area contributed by atoms with E-state index in [2.05, 4.69) is 10.3 Å². The van der Waals surface area contributed by atoms with Crippen LogP contribution in [-0.4, -0.2) is 41.2 Å². The molecule has 3 aliphatic rings. The van der Waals surface area contributed by atoms with Gasteiger partial charge in [0.15, 0.2) is 0 Å². The van der Waals surface area contributed by atoms with E-state index in [1.807, 2.05) is 11.0 Å². The zero-order valence-corrected chi connectivity index (χ0v) is 15.1. The van der Waals surface area contributed by atoms with E-state index in [9.17, 15) is 4.79 Å². The van der Waals surface area contributed by atoms with Gasteiger partial charge in [-0.3, -0.25) is 0 Å². The van der Waals surface area contributed by atoms with Gasteiger partial charge in [0.05, 0.1) is 12.1 Å². The van der Waals surface area contributed by atoms with Crippen LogP contribution in [0.1, 0.15) is 50.5 Å². The molecule has 26 heavy (non-hydrogen) atoms. The number of fused-ring (bicyclic) bond motifs is 1. The van der Waals surface area contributed by atoms with Crippen LogP contribution in [0, 0.1) is 23.2 Å². The number of nitriles is 1. The van der Waals surface area contributed by atoms with Crippen LogP contribution in [-0.2, 0) is 0 Å². The van der Waals surface area contributed by atoms with E-state index < -0.39 is 0 Å². The van der Waals surface area contributed by atoms with Crippen LogP contribution in [0.3, 0.4) is 0 Å². The Labute approximate surface area is 154 Å². The summed E-state index contributed by atoms with van der Waals surface area (Å²) < 4.78 is 5.86. The molecule has 1 N–H and O–H groups in total. The smallest absolute Gasteiger partial charge is 0.317 e. The van der Waals surface area contributed by atoms with Crippen LogP contribution >= 0.6 is 0 Å². The second kappa shape index (κ2) is 7.53. The molecule has 6 nitrogen and oxygen atoms in total. The second-order valence-corrected chi connectivity index (χ2v) is 7.88. The second-order valence-electron chi connectivity index (χ2n) is 7.88. The number of aromatic nitrogens is 1. The lowest BCUT2D eigenvalue weighted by Crippen LogP contribution is -2.46. The predicted molar refractivity (Wildman–Crippen MR) is 96.6 cm³/mol. The zero-order chi connectivity index (χ0) is 17.9. The Hall–Kier alpha value is -2.29. The molecule has 6 heteroatoms. The summed E-state index contributed by atoms with van der Waals surface area (Å²) in [5.41, 5.74) is 0.516. The maximum absolute atomic E-state index is 12.6. The number of hydrogen-bond donors (Lipinski definition) is 1. The molecule has 1 aliphatic heterocycles. The van der Waals surface area contributed by atoms with Crippen molar-refractivity contribution in [1.29, 1.82) is 5.26 Å². The Morgan fingerprint density at radius 3 is 2.92 bits per heavy atom. The van der Waals surface area contributed by atoms with Gasteiger partial charge in [-0.25, -0.2) is 9.78 Å². The quantitative estimate of drug-likeness (QED) is 0.905. The third-order valence-electron chi connectivity index (χ3n) is 6.20. The maximum atomic E-state index is 12.6. The number of pyridine rings is 1. The number of carbonyl (C=O) groups excluding carboxylic acids is 1. The van der Waals surface area contributed by atoms with E-state index >= 15 is 0 Å². The van der Waals surface area contributed by atoms with E-state index in [1.54, 1.807) is 12.1 Å². The fourth-order valence-electron chi connectivity index (χ4n) is 4.80. The zero-order valence-electron chi connectivity index (χ0n) is 15.1. The van der Waals surface area contributed by atoms with Gasteiger partial charge < -0.3 is 15.0 Å². The summed E-state index contributed by atoms with van der Waals surface area (Å²) in [7, 11) is 0. The molecule has 1 aromatic rings. The minimum atomic E-state index is -0.0354. The Kier molecular flexibility index (Phi) is 4.96. The largest absolute Gasteiger partial charge is 0.472 e. The van der Waals surface area contributed by atoms with Gasteiger partial charge in [0, 0.05) is 31.3 Å². The molecule has 0 spiro atoms. The standard InChI is InChI=1S/C20H26N4O2/c21-11-14-4-7-19(22-12-14)26-18-8-9-24(13-18)20(25)23-17-6-5-15-2-1-3-16(15)10-17/h4,7,12,15-18H,1-3,5-6,8-10,13H2,(H,23,25). The summed E-state index contributed by atoms with van der Waals surface area (Å²) >= 11 is 0. The topological polar surface area (TPSA) is 78.2 Å². The summed E-state index contributed by atoms with van der Waals surface area (Å²) in [5, 5.41) is 12.1.